The first-order valence-electron chi connectivity index (χ1n) is 5.50. The quantitative estimate of drug-likeness (QED) is 0.615. The molecular formula is C10H21N3. The number of nitrogens with zero attached hydrogens (tertiary/aromatic N) is 2. The average molecular weight is 183 g/mol. The third kappa shape index (κ3) is 2.90. The van der Waals surface area contributed by atoms with E-state index in [4.69, 9.17) is 0 Å². The second kappa shape index (κ2) is 5.84. The molecule has 0 bridgehead atoms. The molecule has 0 saturated carbocycles. The fraction of sp³-hybridized carbons (Fsp3) is 0.900. The van der Waals surface area contributed by atoms with Gasteiger partial charge in [-0.1, -0.05) is 13.8 Å². The van der Waals surface area contributed by atoms with Gasteiger partial charge in [-0.15, -0.1) is 0 Å². The number of rotatable bonds is 0. The van der Waals surface area contributed by atoms with E-state index in [1.807, 2.05) is 13.8 Å². The van der Waals surface area contributed by atoms with Crippen molar-refractivity contribution in [1.82, 2.24) is 10.2 Å². The summed E-state index contributed by atoms with van der Waals surface area (Å²) in [6.45, 7) is 8.52. The highest BCUT2D eigenvalue weighted by molar-refractivity contribution is 5.80. The molecule has 3 heteroatoms. The topological polar surface area (TPSA) is 27.6 Å². The number of fused-ring (bicyclic) bond motifs is 1. The molecule has 0 amide bonds. The van der Waals surface area contributed by atoms with Crippen molar-refractivity contribution in [2.75, 3.05) is 26.2 Å². The molecule has 1 N–H and O–H groups in total. The second-order valence-corrected chi connectivity index (χ2v) is 3.18. The van der Waals surface area contributed by atoms with Crippen LogP contribution in [0.5, 0.6) is 0 Å². The van der Waals surface area contributed by atoms with Gasteiger partial charge in [0.05, 0.1) is 0 Å². The minimum Gasteiger partial charge on any atom is -0.356 e. The van der Waals surface area contributed by atoms with Crippen LogP contribution in [-0.4, -0.2) is 37.0 Å². The summed E-state index contributed by atoms with van der Waals surface area (Å²) in [5.74, 6) is 1.15. The zero-order chi connectivity index (χ0) is 9.52. The molecule has 2 aliphatic rings. The van der Waals surface area contributed by atoms with Gasteiger partial charge in [0.25, 0.3) is 0 Å². The molecule has 1 saturated heterocycles. The lowest BCUT2D eigenvalue weighted by Gasteiger charge is -2.27. The second-order valence-electron chi connectivity index (χ2n) is 3.18. The van der Waals surface area contributed by atoms with Gasteiger partial charge in [-0.25, -0.2) is 0 Å². The summed E-state index contributed by atoms with van der Waals surface area (Å²) >= 11 is 0. The molecule has 0 aromatic rings. The van der Waals surface area contributed by atoms with Gasteiger partial charge < -0.3 is 10.2 Å². The molecule has 0 aliphatic carbocycles. The highest BCUT2D eigenvalue weighted by atomic mass is 15.3. The van der Waals surface area contributed by atoms with E-state index >= 15 is 0 Å². The van der Waals surface area contributed by atoms with E-state index in [1.165, 1.54) is 32.4 Å². The van der Waals surface area contributed by atoms with Crippen LogP contribution in [0, 0.1) is 0 Å². The Kier molecular flexibility index (Phi) is 4.65. The SMILES string of the molecule is C1CCN2CCCN=C2NC1.CC. The first-order chi connectivity index (χ1) is 6.47. The van der Waals surface area contributed by atoms with Crippen molar-refractivity contribution < 1.29 is 0 Å². The number of aliphatic imine (C=N–C) groups is 1. The minimum atomic E-state index is 1.01. The molecule has 0 aromatic heterocycles. The highest BCUT2D eigenvalue weighted by Crippen LogP contribution is 2.06. The zero-order valence-electron chi connectivity index (χ0n) is 8.84. The van der Waals surface area contributed by atoms with Crippen molar-refractivity contribution in [2.45, 2.75) is 33.1 Å². The smallest absolute Gasteiger partial charge is 0.193 e. The fourth-order valence-electron chi connectivity index (χ4n) is 1.67. The van der Waals surface area contributed by atoms with Crippen LogP contribution in [0.25, 0.3) is 0 Å². The Bertz CT molecular complexity index is 166. The number of guanidine groups is 1. The molecule has 76 valence electrons. The first-order valence-corrected chi connectivity index (χ1v) is 5.50. The van der Waals surface area contributed by atoms with Crippen molar-refractivity contribution in [3.8, 4) is 0 Å². The fourth-order valence-corrected chi connectivity index (χ4v) is 1.67. The highest BCUT2D eigenvalue weighted by Gasteiger charge is 2.16. The van der Waals surface area contributed by atoms with E-state index in [1.54, 1.807) is 0 Å². The van der Waals surface area contributed by atoms with Crippen LogP contribution < -0.4 is 5.32 Å². The van der Waals surface area contributed by atoms with Crippen LogP contribution in [0.4, 0.5) is 0 Å². The summed E-state index contributed by atoms with van der Waals surface area (Å²) in [6, 6.07) is 0. The Morgan fingerprint density at radius 3 is 2.77 bits per heavy atom. The summed E-state index contributed by atoms with van der Waals surface area (Å²) in [4.78, 5) is 6.81. The monoisotopic (exact) mass is 183 g/mol. The molecule has 2 heterocycles. The summed E-state index contributed by atoms with van der Waals surface area (Å²) in [7, 11) is 0. The summed E-state index contributed by atoms with van der Waals surface area (Å²) < 4.78 is 0. The number of nitrogens with one attached hydrogen (secondary N) is 1. The van der Waals surface area contributed by atoms with E-state index in [0.29, 0.717) is 0 Å². The van der Waals surface area contributed by atoms with E-state index in [-0.39, 0.29) is 0 Å². The zero-order valence-corrected chi connectivity index (χ0v) is 8.84. The van der Waals surface area contributed by atoms with Gasteiger partial charge in [-0.05, 0) is 19.3 Å². The van der Waals surface area contributed by atoms with Crippen LogP contribution in [0.15, 0.2) is 4.99 Å². The molecular weight excluding hydrogens is 162 g/mol. The van der Waals surface area contributed by atoms with Crippen LogP contribution >= 0.6 is 0 Å². The Balaban J connectivity index is 0.000000396. The lowest BCUT2D eigenvalue weighted by Crippen LogP contribution is -2.43. The maximum atomic E-state index is 4.44. The molecule has 0 radical (unpaired) electrons. The Morgan fingerprint density at radius 2 is 1.92 bits per heavy atom. The molecule has 0 spiro atoms. The Morgan fingerprint density at radius 1 is 1.15 bits per heavy atom. The number of hydrogen-bond donors (Lipinski definition) is 1. The van der Waals surface area contributed by atoms with Gasteiger partial charge in [0.2, 0.25) is 0 Å². The predicted octanol–water partition coefficient (Wildman–Crippen LogP) is 1.46. The summed E-state index contributed by atoms with van der Waals surface area (Å²) in [6.07, 6.45) is 3.83. The van der Waals surface area contributed by atoms with Crippen LogP contribution in [-0.2, 0) is 0 Å². The molecule has 0 aromatic carbocycles. The molecule has 3 nitrogen and oxygen atoms in total. The summed E-state index contributed by atoms with van der Waals surface area (Å²) in [5, 5.41) is 3.36. The third-order valence-electron chi connectivity index (χ3n) is 2.29. The van der Waals surface area contributed by atoms with Gasteiger partial charge >= 0.3 is 0 Å². The number of hydrogen-bond acceptors (Lipinski definition) is 3. The molecule has 2 rings (SSSR count). The Hall–Kier alpha value is -0.730. The van der Waals surface area contributed by atoms with Crippen LogP contribution in [0.3, 0.4) is 0 Å². The van der Waals surface area contributed by atoms with Crippen LogP contribution in [0.2, 0.25) is 0 Å². The minimum absolute atomic E-state index is 1.01. The van der Waals surface area contributed by atoms with Gasteiger partial charge in [-0.3, -0.25) is 4.99 Å². The largest absolute Gasteiger partial charge is 0.356 e. The van der Waals surface area contributed by atoms with Crippen molar-refractivity contribution in [3.63, 3.8) is 0 Å². The van der Waals surface area contributed by atoms with Crippen molar-refractivity contribution in [2.24, 2.45) is 4.99 Å². The van der Waals surface area contributed by atoms with Gasteiger partial charge in [0, 0.05) is 26.2 Å². The lowest BCUT2D eigenvalue weighted by molar-refractivity contribution is 0.388. The van der Waals surface area contributed by atoms with Crippen LogP contribution in [0.1, 0.15) is 33.1 Å². The van der Waals surface area contributed by atoms with Crippen molar-refractivity contribution in [1.29, 1.82) is 0 Å². The van der Waals surface area contributed by atoms with Gasteiger partial charge in [-0.2, -0.15) is 0 Å². The van der Waals surface area contributed by atoms with Gasteiger partial charge in [0.15, 0.2) is 5.96 Å². The molecule has 0 unspecified atom stereocenters. The van der Waals surface area contributed by atoms with E-state index in [9.17, 15) is 0 Å². The first kappa shape index (κ1) is 10.4. The van der Waals surface area contributed by atoms with E-state index in [2.05, 4.69) is 15.2 Å². The van der Waals surface area contributed by atoms with Crippen molar-refractivity contribution in [3.05, 3.63) is 0 Å². The normalized spacial score (nSPS) is 21.4. The predicted molar refractivity (Wildman–Crippen MR) is 57.1 cm³/mol. The molecule has 0 atom stereocenters. The molecule has 2 aliphatic heterocycles. The Labute approximate surface area is 81.2 Å². The van der Waals surface area contributed by atoms with E-state index < -0.39 is 0 Å². The maximum absolute atomic E-state index is 4.44. The van der Waals surface area contributed by atoms with E-state index in [0.717, 1.165) is 19.0 Å². The average Bonchev–Trinajstić information content (AvgIpc) is 2.45. The standard InChI is InChI=1S/C8H15N3.C2H6/c1-2-6-11-7-3-5-10-8(11)9-4-1;1-2/h1-7H2,(H,9,10);1-2H3. The molecule has 13 heavy (non-hydrogen) atoms. The lowest BCUT2D eigenvalue weighted by atomic mass is 10.3. The van der Waals surface area contributed by atoms with Gasteiger partial charge in [0.1, 0.15) is 0 Å². The molecule has 1 fully saturated rings. The third-order valence-corrected chi connectivity index (χ3v) is 2.29. The maximum Gasteiger partial charge on any atom is 0.193 e. The summed E-state index contributed by atoms with van der Waals surface area (Å²) in [5.41, 5.74) is 0. The van der Waals surface area contributed by atoms with Crippen molar-refractivity contribution >= 4 is 5.96 Å².